The molecule has 0 spiro atoms. The number of anilines is 1. The van der Waals surface area contributed by atoms with Gasteiger partial charge in [-0.15, -0.1) is 0 Å². The molecule has 26 heavy (non-hydrogen) atoms. The molecule has 0 unspecified atom stereocenters. The molecule has 0 radical (unpaired) electrons. The molecule has 4 aromatic rings. The van der Waals surface area contributed by atoms with Crippen LogP contribution in [0, 0.1) is 0 Å². The Hall–Kier alpha value is -3.74. The van der Waals surface area contributed by atoms with Crippen molar-refractivity contribution in [2.24, 2.45) is 5.73 Å². The predicted octanol–water partition coefficient (Wildman–Crippen LogP) is 0.865. The molecule has 4 rings (SSSR count). The topological polar surface area (TPSA) is 107 Å². The third kappa shape index (κ3) is 2.46. The molecular weight excluding hydrogens is 330 g/mol. The molecule has 0 saturated carbocycles. The fourth-order valence-corrected chi connectivity index (χ4v) is 3.02. The summed E-state index contributed by atoms with van der Waals surface area (Å²) in [6.45, 7) is 0.361. The van der Waals surface area contributed by atoms with Gasteiger partial charge in [-0.05, 0) is 23.8 Å². The molecule has 128 valence electrons. The second-order valence-corrected chi connectivity index (χ2v) is 5.96. The Morgan fingerprint density at radius 3 is 2.58 bits per heavy atom. The van der Waals surface area contributed by atoms with E-state index in [1.54, 1.807) is 29.0 Å². The van der Waals surface area contributed by atoms with Gasteiger partial charge in [0.1, 0.15) is 10.9 Å². The van der Waals surface area contributed by atoms with Gasteiger partial charge >= 0.3 is 0 Å². The molecule has 7 nitrogen and oxygen atoms in total. The van der Waals surface area contributed by atoms with E-state index in [2.05, 4.69) is 4.98 Å². The summed E-state index contributed by atoms with van der Waals surface area (Å²) in [5.41, 5.74) is 13.4. The minimum Gasteiger partial charge on any atom is -0.365 e. The second kappa shape index (κ2) is 5.96. The lowest BCUT2D eigenvalue weighted by molar-refractivity contribution is -0.649. The van der Waals surface area contributed by atoms with Gasteiger partial charge in [-0.25, -0.2) is 4.57 Å². The van der Waals surface area contributed by atoms with E-state index >= 15 is 0 Å². The van der Waals surface area contributed by atoms with Gasteiger partial charge in [-0.1, -0.05) is 41.4 Å². The lowest BCUT2D eigenvalue weighted by atomic mass is 10.1. The molecule has 0 fully saturated rings. The van der Waals surface area contributed by atoms with Crippen LogP contribution in [0.4, 0.5) is 5.82 Å². The molecule has 0 aliphatic heterocycles. The zero-order valence-electron chi connectivity index (χ0n) is 13.8. The smallest absolute Gasteiger partial charge is 0.278 e. The lowest BCUT2D eigenvalue weighted by Gasteiger charge is -2.11. The molecular formula is C19H16N5O2+. The lowest BCUT2D eigenvalue weighted by Crippen LogP contribution is -2.42. The largest absolute Gasteiger partial charge is 0.365 e. The number of nitrogen functional groups attached to an aromatic ring is 1. The third-order valence-corrected chi connectivity index (χ3v) is 4.31. The summed E-state index contributed by atoms with van der Waals surface area (Å²) >= 11 is 0. The number of pyridine rings is 2. The van der Waals surface area contributed by atoms with Gasteiger partial charge in [0.25, 0.3) is 17.1 Å². The number of nitrogens with two attached hydrogens (primary N) is 2. The highest BCUT2D eigenvalue weighted by Gasteiger charge is 2.23. The number of carbonyl (C=O) groups excluding carboxylic acids is 1. The molecule has 0 saturated heterocycles. The number of hydrogen-bond donors (Lipinski definition) is 2. The number of amides is 1. The highest BCUT2D eigenvalue weighted by molar-refractivity contribution is 5.99. The minimum atomic E-state index is -0.691. The SMILES string of the molecule is NC(=O)c1cc2c(=O)n3ccccc3nc2[n+](Cc2ccccc2)c1N. The van der Waals surface area contributed by atoms with Crippen LogP contribution in [0.15, 0.2) is 65.6 Å². The number of aromatic nitrogens is 3. The summed E-state index contributed by atoms with van der Waals surface area (Å²) in [6, 6.07) is 16.3. The fourth-order valence-electron chi connectivity index (χ4n) is 3.02. The third-order valence-electron chi connectivity index (χ3n) is 4.31. The van der Waals surface area contributed by atoms with Gasteiger partial charge in [-0.2, -0.15) is 0 Å². The van der Waals surface area contributed by atoms with E-state index in [-0.39, 0.29) is 22.3 Å². The zero-order chi connectivity index (χ0) is 18.3. The molecule has 0 aliphatic rings. The molecule has 3 aromatic heterocycles. The van der Waals surface area contributed by atoms with E-state index in [4.69, 9.17) is 11.5 Å². The van der Waals surface area contributed by atoms with Crippen molar-refractivity contribution >= 4 is 28.4 Å². The van der Waals surface area contributed by atoms with Crippen molar-refractivity contribution in [3.8, 4) is 0 Å². The number of carbonyl (C=O) groups is 1. The van der Waals surface area contributed by atoms with Crippen molar-refractivity contribution in [2.75, 3.05) is 5.73 Å². The van der Waals surface area contributed by atoms with Crippen molar-refractivity contribution in [1.29, 1.82) is 0 Å². The molecule has 1 aromatic carbocycles. The summed E-state index contributed by atoms with van der Waals surface area (Å²) in [5.74, 6) is -0.509. The molecule has 3 heterocycles. The van der Waals surface area contributed by atoms with Crippen LogP contribution < -0.4 is 21.6 Å². The Balaban J connectivity index is 2.11. The summed E-state index contributed by atoms with van der Waals surface area (Å²) in [7, 11) is 0. The first kappa shape index (κ1) is 15.8. The molecule has 0 bridgehead atoms. The van der Waals surface area contributed by atoms with Crippen LogP contribution in [-0.4, -0.2) is 15.3 Å². The van der Waals surface area contributed by atoms with Crippen LogP contribution in [0.2, 0.25) is 0 Å². The Bertz CT molecular complexity index is 1220. The fraction of sp³-hybridized carbons (Fsp3) is 0.0526. The number of primary amides is 1. The maximum atomic E-state index is 12.9. The van der Waals surface area contributed by atoms with Crippen molar-refractivity contribution < 1.29 is 9.36 Å². The van der Waals surface area contributed by atoms with Gasteiger partial charge < -0.3 is 11.5 Å². The maximum Gasteiger partial charge on any atom is 0.278 e. The average molecular weight is 346 g/mol. The van der Waals surface area contributed by atoms with E-state index in [1.807, 2.05) is 30.3 Å². The molecule has 1 amide bonds. The highest BCUT2D eigenvalue weighted by atomic mass is 16.1. The van der Waals surface area contributed by atoms with Gasteiger partial charge in [0.15, 0.2) is 0 Å². The van der Waals surface area contributed by atoms with Crippen molar-refractivity contribution in [2.45, 2.75) is 6.54 Å². The summed E-state index contributed by atoms with van der Waals surface area (Å²) < 4.78 is 3.08. The van der Waals surface area contributed by atoms with E-state index in [1.165, 1.54) is 10.5 Å². The van der Waals surface area contributed by atoms with Gasteiger partial charge in [-0.3, -0.25) is 14.0 Å². The van der Waals surface area contributed by atoms with Crippen LogP contribution in [0.5, 0.6) is 0 Å². The quantitative estimate of drug-likeness (QED) is 0.424. The number of nitrogens with zero attached hydrogens (tertiary/aromatic N) is 3. The monoisotopic (exact) mass is 346 g/mol. The first-order valence-corrected chi connectivity index (χ1v) is 8.03. The van der Waals surface area contributed by atoms with E-state index in [9.17, 15) is 9.59 Å². The van der Waals surface area contributed by atoms with Crippen LogP contribution in [0.1, 0.15) is 15.9 Å². The normalized spacial score (nSPS) is 11.1. The van der Waals surface area contributed by atoms with Gasteiger partial charge in [0, 0.05) is 6.20 Å². The standard InChI is InChI=1S/C19H15N5O2/c20-16-13(17(21)25)10-14-18(24(16)11-12-6-2-1-3-7-12)22-15-8-4-5-9-23(15)19(14)26/h1-10,20H,11H2,(H2,21,25)/p+1. The Morgan fingerprint density at radius 1 is 1.12 bits per heavy atom. The van der Waals surface area contributed by atoms with Crippen molar-refractivity contribution in [3.63, 3.8) is 0 Å². The van der Waals surface area contributed by atoms with Gasteiger partial charge in [0.05, 0.1) is 6.54 Å². The highest BCUT2D eigenvalue weighted by Crippen LogP contribution is 2.15. The second-order valence-electron chi connectivity index (χ2n) is 5.96. The summed E-state index contributed by atoms with van der Waals surface area (Å²) in [4.78, 5) is 29.3. The van der Waals surface area contributed by atoms with E-state index < -0.39 is 5.91 Å². The molecule has 4 N–H and O–H groups in total. The maximum absolute atomic E-state index is 12.9. The Morgan fingerprint density at radius 2 is 1.85 bits per heavy atom. The molecule has 0 aliphatic carbocycles. The Labute approximate surface area is 148 Å². The minimum absolute atomic E-state index is 0.100. The predicted molar refractivity (Wildman–Crippen MR) is 97.6 cm³/mol. The van der Waals surface area contributed by atoms with Crippen molar-refractivity contribution in [1.82, 2.24) is 9.38 Å². The average Bonchev–Trinajstić information content (AvgIpc) is 2.65. The zero-order valence-corrected chi connectivity index (χ0v) is 13.8. The number of fused-ring (bicyclic) bond motifs is 2. The summed E-state index contributed by atoms with van der Waals surface area (Å²) in [6.07, 6.45) is 1.63. The summed E-state index contributed by atoms with van der Waals surface area (Å²) in [5, 5.41) is 0.285. The van der Waals surface area contributed by atoms with Crippen LogP contribution in [-0.2, 0) is 6.54 Å². The molecule has 7 heteroatoms. The van der Waals surface area contributed by atoms with E-state index in [0.717, 1.165) is 5.56 Å². The number of rotatable bonds is 3. The van der Waals surface area contributed by atoms with Crippen LogP contribution in [0.25, 0.3) is 16.7 Å². The molecule has 0 atom stereocenters. The number of benzene rings is 1. The van der Waals surface area contributed by atoms with Crippen LogP contribution in [0.3, 0.4) is 0 Å². The first-order chi connectivity index (χ1) is 12.6. The van der Waals surface area contributed by atoms with E-state index in [0.29, 0.717) is 17.8 Å². The van der Waals surface area contributed by atoms with Crippen molar-refractivity contribution in [3.05, 3.63) is 82.3 Å². The number of hydrogen-bond acceptors (Lipinski definition) is 4. The first-order valence-electron chi connectivity index (χ1n) is 8.03. The Kier molecular flexibility index (Phi) is 3.62. The van der Waals surface area contributed by atoms with Crippen LogP contribution >= 0.6 is 0 Å². The van der Waals surface area contributed by atoms with Gasteiger partial charge in [0.2, 0.25) is 11.5 Å².